The van der Waals surface area contributed by atoms with Crippen LogP contribution in [0.25, 0.3) is 5.57 Å². The molecule has 1 nitrogen and oxygen atoms in total. The third kappa shape index (κ3) is 1.82. The van der Waals surface area contributed by atoms with E-state index in [1.54, 1.807) is 0 Å². The number of anilines is 1. The van der Waals surface area contributed by atoms with Crippen LogP contribution in [0.1, 0.15) is 29.0 Å². The van der Waals surface area contributed by atoms with Gasteiger partial charge in [0.25, 0.3) is 0 Å². The molecule has 90 valence electrons. The van der Waals surface area contributed by atoms with Gasteiger partial charge in [-0.15, -0.1) is 0 Å². The lowest BCUT2D eigenvalue weighted by Gasteiger charge is -2.27. The van der Waals surface area contributed by atoms with E-state index in [-0.39, 0.29) is 0 Å². The first kappa shape index (κ1) is 11.1. The highest BCUT2D eigenvalue weighted by molar-refractivity contribution is 5.74. The largest absolute Gasteiger partial charge is 0.398 e. The summed E-state index contributed by atoms with van der Waals surface area (Å²) in [7, 11) is 0. The minimum Gasteiger partial charge on any atom is -0.398 e. The number of rotatable bonds is 1. The van der Waals surface area contributed by atoms with Crippen molar-refractivity contribution in [3.63, 3.8) is 0 Å². The first-order chi connectivity index (χ1) is 8.75. The van der Waals surface area contributed by atoms with Gasteiger partial charge < -0.3 is 5.73 Å². The molecule has 1 aliphatic rings. The van der Waals surface area contributed by atoms with Crippen LogP contribution in [0, 0.1) is 0 Å². The van der Waals surface area contributed by atoms with E-state index < -0.39 is 0 Å². The topological polar surface area (TPSA) is 26.0 Å². The van der Waals surface area contributed by atoms with Gasteiger partial charge in [-0.3, -0.25) is 0 Å². The number of nitrogen functional groups attached to an aromatic ring is 1. The molecule has 0 radical (unpaired) electrons. The highest BCUT2D eigenvalue weighted by Gasteiger charge is 2.23. The molecule has 1 unspecified atom stereocenters. The molecule has 0 bridgehead atoms. The zero-order chi connectivity index (χ0) is 12.5. The Hall–Kier alpha value is -2.02. The van der Waals surface area contributed by atoms with E-state index in [1.165, 1.54) is 22.3 Å². The molecule has 0 heterocycles. The van der Waals surface area contributed by atoms with Crippen LogP contribution in [0.3, 0.4) is 0 Å². The molecule has 0 fully saturated rings. The van der Waals surface area contributed by atoms with Gasteiger partial charge in [0.05, 0.1) is 0 Å². The summed E-state index contributed by atoms with van der Waals surface area (Å²) >= 11 is 0. The van der Waals surface area contributed by atoms with Crippen LogP contribution < -0.4 is 5.73 Å². The first-order valence-corrected chi connectivity index (χ1v) is 6.36. The summed E-state index contributed by atoms with van der Waals surface area (Å²) in [5.41, 5.74) is 12.1. The molecule has 2 aromatic rings. The van der Waals surface area contributed by atoms with Crippen molar-refractivity contribution >= 4 is 11.3 Å². The fourth-order valence-corrected chi connectivity index (χ4v) is 2.85. The van der Waals surface area contributed by atoms with Crippen LogP contribution in [0.4, 0.5) is 5.69 Å². The Morgan fingerprint density at radius 3 is 2.50 bits per heavy atom. The van der Waals surface area contributed by atoms with E-state index in [2.05, 4.69) is 43.0 Å². The highest BCUT2D eigenvalue weighted by atomic mass is 14.6. The van der Waals surface area contributed by atoms with Crippen LogP contribution in [0.15, 0.2) is 55.1 Å². The van der Waals surface area contributed by atoms with Gasteiger partial charge in [0.2, 0.25) is 0 Å². The molecule has 1 atom stereocenters. The predicted molar refractivity (Wildman–Crippen MR) is 77.4 cm³/mol. The van der Waals surface area contributed by atoms with Gasteiger partial charge in [-0.2, -0.15) is 0 Å². The molecule has 0 saturated heterocycles. The molecule has 2 aromatic carbocycles. The van der Waals surface area contributed by atoms with Crippen molar-refractivity contribution in [3.05, 3.63) is 71.8 Å². The Bertz CT molecular complexity index is 584. The van der Waals surface area contributed by atoms with Gasteiger partial charge in [0.15, 0.2) is 0 Å². The van der Waals surface area contributed by atoms with E-state index in [0.717, 1.165) is 18.5 Å². The molecule has 3 rings (SSSR count). The standard InChI is InChI=1S/C17H17N/c1-12-10-14(13-6-3-2-4-7-13)11-16-15(12)8-5-9-17(16)18/h2-9,14H,1,10-11,18H2. The Morgan fingerprint density at radius 2 is 1.72 bits per heavy atom. The Labute approximate surface area is 108 Å². The molecule has 0 aromatic heterocycles. The van der Waals surface area contributed by atoms with E-state index in [4.69, 9.17) is 5.73 Å². The van der Waals surface area contributed by atoms with Crippen molar-refractivity contribution in [1.29, 1.82) is 0 Å². The average Bonchev–Trinajstić information content (AvgIpc) is 2.41. The first-order valence-electron chi connectivity index (χ1n) is 6.36. The molecule has 0 spiro atoms. The van der Waals surface area contributed by atoms with Gasteiger partial charge in [-0.25, -0.2) is 0 Å². The van der Waals surface area contributed by atoms with Gasteiger partial charge in [0.1, 0.15) is 0 Å². The molecule has 2 N–H and O–H groups in total. The fraction of sp³-hybridized carbons (Fsp3) is 0.176. The minimum absolute atomic E-state index is 0.510. The smallest absolute Gasteiger partial charge is 0.0352 e. The van der Waals surface area contributed by atoms with Gasteiger partial charge in [-0.05, 0) is 47.1 Å². The summed E-state index contributed by atoms with van der Waals surface area (Å²) in [6.45, 7) is 4.22. The zero-order valence-electron chi connectivity index (χ0n) is 10.4. The lowest BCUT2D eigenvalue weighted by atomic mass is 9.77. The summed E-state index contributed by atoms with van der Waals surface area (Å²) in [5.74, 6) is 0.510. The third-order valence-electron chi connectivity index (χ3n) is 3.81. The van der Waals surface area contributed by atoms with Crippen molar-refractivity contribution in [2.24, 2.45) is 0 Å². The second-order valence-electron chi connectivity index (χ2n) is 4.99. The molecule has 0 saturated carbocycles. The van der Waals surface area contributed by atoms with Crippen LogP contribution >= 0.6 is 0 Å². The quantitative estimate of drug-likeness (QED) is 0.742. The lowest BCUT2D eigenvalue weighted by molar-refractivity contribution is 0.686. The second kappa shape index (κ2) is 4.34. The maximum absolute atomic E-state index is 6.10. The molecule has 0 amide bonds. The molecule has 0 aliphatic heterocycles. The summed E-state index contributed by atoms with van der Waals surface area (Å²) < 4.78 is 0. The van der Waals surface area contributed by atoms with Crippen LogP contribution in [-0.2, 0) is 6.42 Å². The number of allylic oxidation sites excluding steroid dienone is 1. The SMILES string of the molecule is C=C1CC(c2ccccc2)Cc2c(N)cccc21. The third-order valence-corrected chi connectivity index (χ3v) is 3.81. The molecule has 18 heavy (non-hydrogen) atoms. The maximum Gasteiger partial charge on any atom is 0.0352 e. The van der Waals surface area contributed by atoms with E-state index in [0.29, 0.717) is 5.92 Å². The van der Waals surface area contributed by atoms with Crippen molar-refractivity contribution < 1.29 is 0 Å². The van der Waals surface area contributed by atoms with Gasteiger partial charge in [0, 0.05) is 5.69 Å². The van der Waals surface area contributed by atoms with E-state index in [1.807, 2.05) is 12.1 Å². The number of hydrogen-bond donors (Lipinski definition) is 1. The number of benzene rings is 2. The van der Waals surface area contributed by atoms with Crippen molar-refractivity contribution in [2.45, 2.75) is 18.8 Å². The zero-order valence-corrected chi connectivity index (χ0v) is 10.4. The monoisotopic (exact) mass is 235 g/mol. The van der Waals surface area contributed by atoms with Gasteiger partial charge >= 0.3 is 0 Å². The number of hydrogen-bond acceptors (Lipinski definition) is 1. The number of nitrogens with two attached hydrogens (primary N) is 1. The van der Waals surface area contributed by atoms with Crippen molar-refractivity contribution in [3.8, 4) is 0 Å². The summed E-state index contributed by atoms with van der Waals surface area (Å²) in [5, 5.41) is 0. The normalized spacial score (nSPS) is 18.4. The van der Waals surface area contributed by atoms with Crippen LogP contribution in [0.2, 0.25) is 0 Å². The van der Waals surface area contributed by atoms with Crippen LogP contribution in [-0.4, -0.2) is 0 Å². The van der Waals surface area contributed by atoms with E-state index in [9.17, 15) is 0 Å². The molecular formula is C17H17N. The van der Waals surface area contributed by atoms with Crippen LogP contribution in [0.5, 0.6) is 0 Å². The summed E-state index contributed by atoms with van der Waals surface area (Å²) in [6, 6.07) is 16.8. The Morgan fingerprint density at radius 1 is 0.944 bits per heavy atom. The number of fused-ring (bicyclic) bond motifs is 1. The summed E-state index contributed by atoms with van der Waals surface area (Å²) in [6.07, 6.45) is 2.05. The molecule has 1 heteroatoms. The predicted octanol–water partition coefficient (Wildman–Crippen LogP) is 4.01. The molecular weight excluding hydrogens is 218 g/mol. The van der Waals surface area contributed by atoms with E-state index >= 15 is 0 Å². The lowest BCUT2D eigenvalue weighted by Crippen LogP contribution is -2.13. The second-order valence-corrected chi connectivity index (χ2v) is 4.99. The summed E-state index contributed by atoms with van der Waals surface area (Å²) in [4.78, 5) is 0. The fourth-order valence-electron chi connectivity index (χ4n) is 2.85. The Kier molecular flexibility index (Phi) is 2.67. The average molecular weight is 235 g/mol. The van der Waals surface area contributed by atoms with Gasteiger partial charge in [-0.1, -0.05) is 49.0 Å². The highest BCUT2D eigenvalue weighted by Crippen LogP contribution is 2.40. The minimum atomic E-state index is 0.510. The molecule has 1 aliphatic carbocycles. The van der Waals surface area contributed by atoms with Crippen molar-refractivity contribution in [1.82, 2.24) is 0 Å². The van der Waals surface area contributed by atoms with Crippen molar-refractivity contribution in [2.75, 3.05) is 5.73 Å². The maximum atomic E-state index is 6.10. The Balaban J connectivity index is 2.01.